The van der Waals surface area contributed by atoms with Gasteiger partial charge in [0.1, 0.15) is 5.60 Å². The minimum Gasteiger partial charge on any atom is -0.443 e. The molecule has 2 aromatic rings. The number of azide groups is 1. The molecule has 1 heterocycles. The molecular weight excluding hydrogens is 284 g/mol. The van der Waals surface area contributed by atoms with E-state index in [-0.39, 0.29) is 12.3 Å². The SMILES string of the molecule is CC(C)(C)OC(=O)n1cc(C(=O)CN=[N+]=[N-])c2ccccc21. The van der Waals surface area contributed by atoms with Crippen LogP contribution in [0.5, 0.6) is 0 Å². The van der Waals surface area contributed by atoms with Crippen LogP contribution in [0.2, 0.25) is 0 Å². The summed E-state index contributed by atoms with van der Waals surface area (Å²) < 4.78 is 6.63. The second kappa shape index (κ2) is 5.91. The Morgan fingerprint density at radius 2 is 2.00 bits per heavy atom. The summed E-state index contributed by atoms with van der Waals surface area (Å²) >= 11 is 0. The number of nitrogens with zero attached hydrogens (tertiary/aromatic N) is 4. The van der Waals surface area contributed by atoms with Gasteiger partial charge in [-0.05, 0) is 32.4 Å². The standard InChI is InChI=1S/C15H16N4O3/c1-15(2,3)22-14(21)19-9-11(13(20)8-17-18-16)10-6-4-5-7-12(10)19/h4-7,9H,8H2,1-3H3. The average Bonchev–Trinajstić information content (AvgIpc) is 2.82. The van der Waals surface area contributed by atoms with Crippen molar-refractivity contribution >= 4 is 22.8 Å². The average molecular weight is 300 g/mol. The number of Topliss-reactive ketones (excluding diaryl/α,β-unsaturated/α-hetero) is 1. The zero-order valence-corrected chi connectivity index (χ0v) is 12.6. The number of rotatable bonds is 3. The van der Waals surface area contributed by atoms with Crippen LogP contribution in [-0.2, 0) is 4.74 Å². The molecule has 0 saturated carbocycles. The predicted octanol–water partition coefficient (Wildman–Crippen LogP) is 3.92. The number of hydrogen-bond donors (Lipinski definition) is 0. The molecular formula is C15H16N4O3. The first kappa shape index (κ1) is 15.6. The second-order valence-electron chi connectivity index (χ2n) is 5.72. The fraction of sp³-hybridized carbons (Fsp3) is 0.333. The van der Waals surface area contributed by atoms with E-state index in [1.54, 1.807) is 45.0 Å². The quantitative estimate of drug-likeness (QED) is 0.372. The molecule has 0 aliphatic rings. The summed E-state index contributed by atoms with van der Waals surface area (Å²) in [6.07, 6.45) is 0.861. The first-order valence-corrected chi connectivity index (χ1v) is 6.71. The Morgan fingerprint density at radius 3 is 2.64 bits per heavy atom. The summed E-state index contributed by atoms with van der Waals surface area (Å²) in [6, 6.07) is 7.00. The van der Waals surface area contributed by atoms with Gasteiger partial charge in [0.15, 0.2) is 5.78 Å². The maximum absolute atomic E-state index is 12.3. The van der Waals surface area contributed by atoms with Crippen LogP contribution in [0.25, 0.3) is 21.3 Å². The summed E-state index contributed by atoms with van der Waals surface area (Å²) in [5.41, 5.74) is 8.58. The largest absolute Gasteiger partial charge is 0.443 e. The lowest BCUT2D eigenvalue weighted by Gasteiger charge is -2.19. The molecule has 1 aromatic carbocycles. The zero-order valence-electron chi connectivity index (χ0n) is 12.6. The van der Waals surface area contributed by atoms with Crippen molar-refractivity contribution in [2.24, 2.45) is 5.11 Å². The van der Waals surface area contributed by atoms with Crippen LogP contribution in [0.3, 0.4) is 0 Å². The molecule has 0 radical (unpaired) electrons. The van der Waals surface area contributed by atoms with E-state index in [4.69, 9.17) is 10.3 Å². The highest BCUT2D eigenvalue weighted by molar-refractivity contribution is 6.10. The van der Waals surface area contributed by atoms with E-state index >= 15 is 0 Å². The van der Waals surface area contributed by atoms with Crippen LogP contribution >= 0.6 is 0 Å². The number of para-hydroxylation sites is 1. The smallest absolute Gasteiger partial charge is 0.419 e. The van der Waals surface area contributed by atoms with Gasteiger partial charge in [-0.1, -0.05) is 23.3 Å². The van der Waals surface area contributed by atoms with E-state index in [1.807, 2.05) is 0 Å². The van der Waals surface area contributed by atoms with Gasteiger partial charge in [-0.3, -0.25) is 9.36 Å². The highest BCUT2D eigenvalue weighted by Crippen LogP contribution is 2.23. The molecule has 0 atom stereocenters. The van der Waals surface area contributed by atoms with E-state index < -0.39 is 11.7 Å². The Balaban J connectivity index is 2.50. The number of ether oxygens (including phenoxy) is 1. The Morgan fingerprint density at radius 1 is 1.32 bits per heavy atom. The Labute approximate surface area is 127 Å². The first-order valence-electron chi connectivity index (χ1n) is 6.71. The fourth-order valence-electron chi connectivity index (χ4n) is 2.05. The van der Waals surface area contributed by atoms with Gasteiger partial charge in [0.05, 0.1) is 12.1 Å². The third kappa shape index (κ3) is 3.27. The van der Waals surface area contributed by atoms with Gasteiger partial charge in [0, 0.05) is 22.1 Å². The van der Waals surface area contributed by atoms with Gasteiger partial charge >= 0.3 is 6.09 Å². The number of aromatic nitrogens is 1. The van der Waals surface area contributed by atoms with Gasteiger partial charge in [-0.15, -0.1) is 0 Å². The van der Waals surface area contributed by atoms with E-state index in [9.17, 15) is 9.59 Å². The molecule has 7 heteroatoms. The lowest BCUT2D eigenvalue weighted by molar-refractivity contribution is 0.0544. The van der Waals surface area contributed by atoms with Gasteiger partial charge in [0.25, 0.3) is 0 Å². The highest BCUT2D eigenvalue weighted by Gasteiger charge is 2.22. The molecule has 0 unspecified atom stereocenters. The fourth-order valence-corrected chi connectivity index (χ4v) is 2.05. The van der Waals surface area contributed by atoms with Crippen LogP contribution < -0.4 is 0 Å². The van der Waals surface area contributed by atoms with Crippen LogP contribution in [0.15, 0.2) is 35.6 Å². The van der Waals surface area contributed by atoms with Crippen molar-refractivity contribution in [3.05, 3.63) is 46.5 Å². The molecule has 1 aromatic heterocycles. The summed E-state index contributed by atoms with van der Waals surface area (Å²) in [5.74, 6) is -0.351. The molecule has 0 amide bonds. The van der Waals surface area contributed by atoms with Crippen molar-refractivity contribution in [1.82, 2.24) is 4.57 Å². The summed E-state index contributed by atoms with van der Waals surface area (Å²) in [6.45, 7) is 5.01. The molecule has 0 spiro atoms. The number of carbonyl (C=O) groups is 2. The molecule has 0 bridgehead atoms. The van der Waals surface area contributed by atoms with Crippen LogP contribution in [0.4, 0.5) is 4.79 Å². The van der Waals surface area contributed by atoms with Gasteiger partial charge in [-0.25, -0.2) is 4.79 Å². The maximum atomic E-state index is 12.3. The number of benzene rings is 1. The number of carbonyl (C=O) groups excluding carboxylic acids is 2. The van der Waals surface area contributed by atoms with Crippen LogP contribution in [0.1, 0.15) is 31.1 Å². The third-order valence-electron chi connectivity index (χ3n) is 2.88. The van der Waals surface area contributed by atoms with Crippen molar-refractivity contribution < 1.29 is 14.3 Å². The molecule has 0 N–H and O–H groups in total. The van der Waals surface area contributed by atoms with E-state index in [0.29, 0.717) is 16.5 Å². The van der Waals surface area contributed by atoms with Crippen molar-refractivity contribution in [2.75, 3.05) is 6.54 Å². The topological polar surface area (TPSA) is 97.1 Å². The lowest BCUT2D eigenvalue weighted by Crippen LogP contribution is -2.26. The minimum absolute atomic E-state index is 0.293. The number of hydrogen-bond acceptors (Lipinski definition) is 4. The Kier molecular flexibility index (Phi) is 4.19. The third-order valence-corrected chi connectivity index (χ3v) is 2.88. The van der Waals surface area contributed by atoms with E-state index in [2.05, 4.69) is 10.0 Å². The minimum atomic E-state index is -0.641. The summed E-state index contributed by atoms with van der Waals surface area (Å²) in [7, 11) is 0. The van der Waals surface area contributed by atoms with Gasteiger partial charge in [0.2, 0.25) is 0 Å². The molecule has 0 fully saturated rings. The Bertz CT molecular complexity index is 780. The van der Waals surface area contributed by atoms with Crippen molar-refractivity contribution in [1.29, 1.82) is 0 Å². The van der Waals surface area contributed by atoms with Crippen molar-refractivity contribution in [3.63, 3.8) is 0 Å². The highest BCUT2D eigenvalue weighted by atomic mass is 16.6. The Hall–Kier alpha value is -2.79. The van der Waals surface area contributed by atoms with Crippen LogP contribution in [0, 0.1) is 0 Å². The van der Waals surface area contributed by atoms with E-state index in [0.717, 1.165) is 0 Å². The molecule has 22 heavy (non-hydrogen) atoms. The normalized spacial score (nSPS) is 11.0. The summed E-state index contributed by atoms with van der Waals surface area (Å²) in [4.78, 5) is 27.0. The monoisotopic (exact) mass is 300 g/mol. The van der Waals surface area contributed by atoms with Gasteiger partial charge < -0.3 is 4.74 Å². The predicted molar refractivity (Wildman–Crippen MR) is 81.9 cm³/mol. The second-order valence-corrected chi connectivity index (χ2v) is 5.72. The van der Waals surface area contributed by atoms with Crippen molar-refractivity contribution in [3.8, 4) is 0 Å². The summed E-state index contributed by atoms with van der Waals surface area (Å²) in [5, 5.41) is 3.89. The molecule has 0 aliphatic carbocycles. The number of ketones is 1. The first-order chi connectivity index (χ1) is 10.3. The maximum Gasteiger partial charge on any atom is 0.419 e. The molecule has 0 saturated heterocycles. The zero-order chi connectivity index (χ0) is 16.3. The lowest BCUT2D eigenvalue weighted by atomic mass is 10.1. The molecule has 2 rings (SSSR count). The number of fused-ring (bicyclic) bond motifs is 1. The van der Waals surface area contributed by atoms with Gasteiger partial charge in [-0.2, -0.15) is 0 Å². The molecule has 0 aliphatic heterocycles. The van der Waals surface area contributed by atoms with Crippen LogP contribution in [-0.4, -0.2) is 28.6 Å². The molecule has 114 valence electrons. The van der Waals surface area contributed by atoms with Crippen molar-refractivity contribution in [2.45, 2.75) is 26.4 Å². The van der Waals surface area contributed by atoms with E-state index in [1.165, 1.54) is 10.8 Å². The molecule has 7 nitrogen and oxygen atoms in total.